The number of anilines is 2. The van der Waals surface area contributed by atoms with E-state index in [1.807, 2.05) is 30.2 Å². The number of ether oxygens (including phenoxy) is 1. The first-order valence-electron chi connectivity index (χ1n) is 8.52. The van der Waals surface area contributed by atoms with Gasteiger partial charge in [0, 0.05) is 24.8 Å². The Hall–Kier alpha value is -2.50. The van der Waals surface area contributed by atoms with Crippen molar-refractivity contribution in [3.8, 4) is 5.75 Å². The van der Waals surface area contributed by atoms with E-state index in [9.17, 15) is 4.79 Å². The Morgan fingerprint density at radius 3 is 3.00 bits per heavy atom. The Bertz CT molecular complexity index is 684. The lowest BCUT2D eigenvalue weighted by molar-refractivity contribution is -0.118. The third kappa shape index (κ3) is 3.37. The van der Waals surface area contributed by atoms with E-state index in [4.69, 9.17) is 4.74 Å². The van der Waals surface area contributed by atoms with Gasteiger partial charge in [-0.3, -0.25) is 4.79 Å². The zero-order valence-corrected chi connectivity index (χ0v) is 14.3. The van der Waals surface area contributed by atoms with Gasteiger partial charge in [0.1, 0.15) is 12.4 Å². The van der Waals surface area contributed by atoms with Crippen LogP contribution in [0.25, 0.3) is 0 Å². The highest BCUT2D eigenvalue weighted by atomic mass is 16.5. The van der Waals surface area contributed by atoms with Crippen LogP contribution < -0.4 is 14.5 Å². The van der Waals surface area contributed by atoms with Gasteiger partial charge in [0.05, 0.1) is 30.8 Å². The summed E-state index contributed by atoms with van der Waals surface area (Å²) in [4.78, 5) is 23.6. The number of aromatic nitrogens is 2. The fraction of sp³-hybridized carbons (Fsp3) is 0.444. The van der Waals surface area contributed by atoms with Crippen molar-refractivity contribution in [2.75, 3.05) is 29.5 Å². The van der Waals surface area contributed by atoms with Gasteiger partial charge < -0.3 is 19.5 Å². The van der Waals surface area contributed by atoms with Gasteiger partial charge in [-0.05, 0) is 24.6 Å². The predicted molar refractivity (Wildman–Crippen MR) is 94.5 cm³/mol. The molecular weight excluding hydrogens is 304 g/mol. The number of nitrogens with zero attached hydrogens (tertiary/aromatic N) is 3. The molecule has 0 atom stereocenters. The molecule has 1 amide bonds. The van der Waals surface area contributed by atoms with E-state index >= 15 is 0 Å². The van der Waals surface area contributed by atoms with E-state index < -0.39 is 0 Å². The van der Waals surface area contributed by atoms with Crippen molar-refractivity contribution in [3.05, 3.63) is 36.4 Å². The number of carbonyl (C=O) groups is 1. The molecule has 1 aromatic heterocycles. The molecule has 0 aliphatic carbocycles. The van der Waals surface area contributed by atoms with Gasteiger partial charge >= 0.3 is 0 Å². The number of rotatable bonds is 6. The summed E-state index contributed by atoms with van der Waals surface area (Å²) in [6, 6.07) is 6.01. The average Bonchev–Trinajstić information content (AvgIpc) is 3.12. The number of fused-ring (bicyclic) bond motifs is 1. The molecule has 2 aromatic rings. The van der Waals surface area contributed by atoms with Crippen LogP contribution in [0.5, 0.6) is 5.75 Å². The first kappa shape index (κ1) is 16.4. The highest BCUT2D eigenvalue weighted by Gasteiger charge is 2.21. The number of H-pyrrole nitrogens is 1. The van der Waals surface area contributed by atoms with E-state index in [-0.39, 0.29) is 5.91 Å². The van der Waals surface area contributed by atoms with Crippen molar-refractivity contribution in [3.63, 3.8) is 0 Å². The summed E-state index contributed by atoms with van der Waals surface area (Å²) in [6.07, 6.45) is 4.96. The second kappa shape index (κ2) is 7.38. The Morgan fingerprint density at radius 1 is 1.42 bits per heavy atom. The number of hydrogen-bond donors (Lipinski definition) is 1. The smallest absolute Gasteiger partial charge is 0.226 e. The fourth-order valence-electron chi connectivity index (χ4n) is 2.98. The van der Waals surface area contributed by atoms with Crippen LogP contribution in [0.1, 0.15) is 32.4 Å². The molecule has 128 valence electrons. The van der Waals surface area contributed by atoms with Gasteiger partial charge in [-0.2, -0.15) is 0 Å². The van der Waals surface area contributed by atoms with Crippen molar-refractivity contribution in [2.45, 2.75) is 33.2 Å². The molecule has 1 aliphatic rings. The monoisotopic (exact) mass is 328 g/mol. The number of carbonyl (C=O) groups excluding carboxylic acids is 1. The first-order chi connectivity index (χ1) is 11.7. The van der Waals surface area contributed by atoms with E-state index in [0.717, 1.165) is 48.9 Å². The normalized spacial score (nSPS) is 13.3. The van der Waals surface area contributed by atoms with Crippen molar-refractivity contribution in [2.24, 2.45) is 0 Å². The summed E-state index contributed by atoms with van der Waals surface area (Å²) >= 11 is 0. The minimum atomic E-state index is 0.147. The van der Waals surface area contributed by atoms with E-state index in [2.05, 4.69) is 27.9 Å². The maximum atomic E-state index is 12.3. The van der Waals surface area contributed by atoms with Crippen molar-refractivity contribution < 1.29 is 9.53 Å². The largest absolute Gasteiger partial charge is 0.490 e. The molecule has 0 unspecified atom stereocenters. The molecular formula is C18H24N4O2. The molecule has 1 aliphatic heterocycles. The molecule has 0 spiro atoms. The quantitative estimate of drug-likeness (QED) is 0.885. The zero-order valence-electron chi connectivity index (χ0n) is 14.3. The molecule has 3 rings (SSSR count). The van der Waals surface area contributed by atoms with Crippen molar-refractivity contribution in [1.82, 2.24) is 9.97 Å². The lowest BCUT2D eigenvalue weighted by atomic mass is 10.1. The molecule has 0 radical (unpaired) electrons. The Labute approximate surface area is 142 Å². The Balaban J connectivity index is 1.90. The summed E-state index contributed by atoms with van der Waals surface area (Å²) in [5.41, 5.74) is 3.02. The summed E-state index contributed by atoms with van der Waals surface area (Å²) in [6.45, 7) is 6.93. The molecule has 6 nitrogen and oxygen atoms in total. The first-order valence-corrected chi connectivity index (χ1v) is 8.52. The van der Waals surface area contributed by atoms with E-state index in [0.29, 0.717) is 13.0 Å². The van der Waals surface area contributed by atoms with Crippen LogP contribution in [0, 0.1) is 0 Å². The van der Waals surface area contributed by atoms with Gasteiger partial charge in [0.25, 0.3) is 0 Å². The second-order valence-electron chi connectivity index (χ2n) is 5.90. The van der Waals surface area contributed by atoms with Crippen LogP contribution in [-0.4, -0.2) is 35.6 Å². The molecule has 24 heavy (non-hydrogen) atoms. The maximum Gasteiger partial charge on any atom is 0.226 e. The molecule has 1 N–H and O–H groups in total. The summed E-state index contributed by atoms with van der Waals surface area (Å²) in [7, 11) is 0. The van der Waals surface area contributed by atoms with Crippen LogP contribution >= 0.6 is 0 Å². The minimum Gasteiger partial charge on any atom is -0.490 e. The molecule has 0 fully saturated rings. The highest BCUT2D eigenvalue weighted by Crippen LogP contribution is 2.36. The lowest BCUT2D eigenvalue weighted by Gasteiger charge is -2.32. The Kier molecular flexibility index (Phi) is 5.03. The standard InChI is InChI=1S/C18H24N4O2/c1-3-7-22(18(23)4-2)15-5-6-17-16(10-15)21(8-9-24-17)12-14-11-19-13-20-14/h5-6,10-11,13H,3-4,7-9,12H2,1-2H3,(H,19,20). The highest BCUT2D eigenvalue weighted by molar-refractivity contribution is 5.94. The number of aromatic amines is 1. The summed E-state index contributed by atoms with van der Waals surface area (Å²) in [5.74, 6) is 1.01. The predicted octanol–water partition coefficient (Wildman–Crippen LogP) is 2.96. The third-order valence-electron chi connectivity index (χ3n) is 4.18. The van der Waals surface area contributed by atoms with Crippen molar-refractivity contribution in [1.29, 1.82) is 0 Å². The number of amides is 1. The van der Waals surface area contributed by atoms with E-state index in [1.165, 1.54) is 0 Å². The maximum absolute atomic E-state index is 12.3. The van der Waals surface area contributed by atoms with Crippen LogP contribution in [0.4, 0.5) is 11.4 Å². The number of imidazole rings is 1. The van der Waals surface area contributed by atoms with Crippen LogP contribution in [-0.2, 0) is 11.3 Å². The van der Waals surface area contributed by atoms with Gasteiger partial charge in [0.2, 0.25) is 5.91 Å². The summed E-state index contributed by atoms with van der Waals surface area (Å²) < 4.78 is 5.78. The summed E-state index contributed by atoms with van der Waals surface area (Å²) in [5, 5.41) is 0. The minimum absolute atomic E-state index is 0.147. The van der Waals surface area contributed by atoms with E-state index in [1.54, 1.807) is 6.33 Å². The van der Waals surface area contributed by atoms with Crippen LogP contribution in [0.15, 0.2) is 30.7 Å². The van der Waals surface area contributed by atoms with Gasteiger partial charge in [0.15, 0.2) is 0 Å². The third-order valence-corrected chi connectivity index (χ3v) is 4.18. The van der Waals surface area contributed by atoms with Gasteiger partial charge in [-0.1, -0.05) is 13.8 Å². The van der Waals surface area contributed by atoms with Crippen LogP contribution in [0.2, 0.25) is 0 Å². The van der Waals surface area contributed by atoms with Crippen molar-refractivity contribution >= 4 is 17.3 Å². The fourth-order valence-corrected chi connectivity index (χ4v) is 2.98. The topological polar surface area (TPSA) is 61.5 Å². The van der Waals surface area contributed by atoms with Gasteiger partial charge in [-0.15, -0.1) is 0 Å². The zero-order chi connectivity index (χ0) is 16.9. The molecule has 0 bridgehead atoms. The molecule has 1 aromatic carbocycles. The molecule has 0 saturated heterocycles. The number of nitrogens with one attached hydrogen (secondary N) is 1. The SMILES string of the molecule is CCCN(C(=O)CC)c1ccc2c(c1)N(Cc1cnc[nH]1)CCO2. The van der Waals surface area contributed by atoms with Crippen LogP contribution in [0.3, 0.4) is 0 Å². The Morgan fingerprint density at radius 2 is 2.29 bits per heavy atom. The molecule has 0 saturated carbocycles. The second-order valence-corrected chi connectivity index (χ2v) is 5.90. The van der Waals surface area contributed by atoms with Gasteiger partial charge in [-0.25, -0.2) is 4.98 Å². The molecule has 6 heteroatoms. The lowest BCUT2D eigenvalue weighted by Crippen LogP contribution is -2.34. The number of benzene rings is 1. The number of hydrogen-bond acceptors (Lipinski definition) is 4. The molecule has 2 heterocycles. The average molecular weight is 328 g/mol.